The van der Waals surface area contributed by atoms with E-state index in [0.29, 0.717) is 5.95 Å². The predicted octanol–water partition coefficient (Wildman–Crippen LogP) is 5.77. The molecule has 3 aliphatic carbocycles. The van der Waals surface area contributed by atoms with Gasteiger partial charge in [-0.2, -0.15) is 5.10 Å². The van der Waals surface area contributed by atoms with Gasteiger partial charge in [-0.1, -0.05) is 72.3 Å². The van der Waals surface area contributed by atoms with Crippen molar-refractivity contribution in [3.05, 3.63) is 128 Å². The fourth-order valence-electron chi connectivity index (χ4n) is 7.32. The summed E-state index contributed by atoms with van der Waals surface area (Å²) in [5.74, 6) is -2.70. The van der Waals surface area contributed by atoms with Crippen LogP contribution in [0.25, 0.3) is 11.0 Å². The van der Waals surface area contributed by atoms with Gasteiger partial charge in [-0.3, -0.25) is 19.7 Å². The van der Waals surface area contributed by atoms with Crippen LogP contribution in [0.2, 0.25) is 5.02 Å². The van der Waals surface area contributed by atoms with Crippen molar-refractivity contribution in [3.63, 3.8) is 0 Å². The number of aromatic amines is 1. The van der Waals surface area contributed by atoms with E-state index in [4.69, 9.17) is 11.6 Å². The third-order valence-electron chi connectivity index (χ3n) is 8.89. The lowest BCUT2D eigenvalue weighted by Gasteiger charge is -2.52. The Kier molecular flexibility index (Phi) is 5.35. The van der Waals surface area contributed by atoms with Gasteiger partial charge in [-0.15, -0.1) is 0 Å². The molecular weight excluding hydrogens is 568 g/mol. The second-order valence-electron chi connectivity index (χ2n) is 10.9. The number of anilines is 2. The van der Waals surface area contributed by atoms with E-state index in [-0.39, 0.29) is 10.7 Å². The SMILES string of the molecule is O=C1C2C3c4ccccc4C(/C=N/Nc4nc5ccccc5[nH]4)(c4ccccc43)C2C(=O)N1c1ccc(Cl)cc1[N+](=O)[O-]. The Balaban J connectivity index is 1.32. The lowest BCUT2D eigenvalue weighted by Crippen LogP contribution is -2.54. The Morgan fingerprint density at radius 2 is 1.63 bits per heavy atom. The molecule has 9 rings (SSSR count). The number of hydrazone groups is 1. The minimum Gasteiger partial charge on any atom is -0.323 e. The van der Waals surface area contributed by atoms with Crippen LogP contribution in [0.4, 0.5) is 17.3 Å². The zero-order valence-corrected chi connectivity index (χ0v) is 23.0. The number of carbonyl (C=O) groups excluding carboxylic acids is 2. The van der Waals surface area contributed by atoms with Crippen LogP contribution in [-0.2, 0) is 15.0 Å². The Hall–Kier alpha value is -5.35. The van der Waals surface area contributed by atoms with Crippen molar-refractivity contribution < 1.29 is 14.5 Å². The van der Waals surface area contributed by atoms with E-state index in [1.54, 1.807) is 6.21 Å². The minimum absolute atomic E-state index is 0.0983. The number of imidazole rings is 1. The molecule has 4 aliphatic rings. The highest BCUT2D eigenvalue weighted by Crippen LogP contribution is 2.64. The first-order valence-corrected chi connectivity index (χ1v) is 14.0. The monoisotopic (exact) mass is 588 g/mol. The number of hydrogen-bond donors (Lipinski definition) is 2. The molecule has 1 saturated heterocycles. The highest BCUT2D eigenvalue weighted by Gasteiger charge is 2.68. The lowest BCUT2D eigenvalue weighted by atomic mass is 9.47. The number of aromatic nitrogens is 2. The number of nitro groups is 1. The molecule has 10 nitrogen and oxygen atoms in total. The molecular formula is C32H21ClN6O4. The molecule has 2 amide bonds. The van der Waals surface area contributed by atoms with Crippen molar-refractivity contribution in [1.82, 2.24) is 9.97 Å². The first-order chi connectivity index (χ1) is 20.9. The molecule has 2 atom stereocenters. The van der Waals surface area contributed by atoms with Crippen LogP contribution < -0.4 is 10.3 Å². The smallest absolute Gasteiger partial charge is 0.294 e. The van der Waals surface area contributed by atoms with Crippen LogP contribution in [0.5, 0.6) is 0 Å². The fourth-order valence-corrected chi connectivity index (χ4v) is 7.49. The van der Waals surface area contributed by atoms with Gasteiger partial charge < -0.3 is 4.98 Å². The third kappa shape index (κ3) is 3.41. The van der Waals surface area contributed by atoms with Crippen molar-refractivity contribution in [2.75, 3.05) is 10.3 Å². The van der Waals surface area contributed by atoms with Gasteiger partial charge in [-0.25, -0.2) is 15.3 Å². The summed E-state index contributed by atoms with van der Waals surface area (Å²) in [6, 6.07) is 27.1. The molecule has 0 saturated carbocycles. The van der Waals surface area contributed by atoms with E-state index in [1.165, 1.54) is 12.1 Å². The molecule has 1 aliphatic heterocycles. The van der Waals surface area contributed by atoms with Crippen molar-refractivity contribution in [2.24, 2.45) is 16.9 Å². The molecule has 11 heteroatoms. The van der Waals surface area contributed by atoms with Crippen LogP contribution in [0.1, 0.15) is 28.2 Å². The topological polar surface area (TPSA) is 134 Å². The van der Waals surface area contributed by atoms with Gasteiger partial charge >= 0.3 is 0 Å². The van der Waals surface area contributed by atoms with E-state index in [1.807, 2.05) is 72.8 Å². The number of nitrogens with one attached hydrogen (secondary N) is 2. The molecule has 43 heavy (non-hydrogen) atoms. The molecule has 1 aromatic heterocycles. The number of carbonyl (C=O) groups is 2. The Morgan fingerprint density at radius 3 is 2.33 bits per heavy atom. The van der Waals surface area contributed by atoms with Crippen LogP contribution in [-0.4, -0.2) is 32.9 Å². The third-order valence-corrected chi connectivity index (χ3v) is 9.12. The molecule has 2 unspecified atom stereocenters. The summed E-state index contributed by atoms with van der Waals surface area (Å²) < 4.78 is 0. The Labute approximate surface area is 249 Å². The van der Waals surface area contributed by atoms with Gasteiger partial charge in [0, 0.05) is 23.2 Å². The molecule has 4 aromatic carbocycles. The van der Waals surface area contributed by atoms with E-state index in [9.17, 15) is 19.7 Å². The summed E-state index contributed by atoms with van der Waals surface area (Å²) in [6.07, 6.45) is 1.69. The standard InChI is InChI=1S/C32H21ClN6O4/c33-17-13-14-24(25(15-17)39(42)43)38-29(40)27-26-18-7-1-3-9-20(18)32(28(27)30(38)41,21-10-4-2-8-19(21)26)16-34-37-31-35-22-11-5-6-12-23(22)36-31/h1-16,26-28H,(H2,35,36,37)/b34-16+. The summed E-state index contributed by atoms with van der Waals surface area (Å²) in [5, 5.41) is 16.8. The van der Waals surface area contributed by atoms with Crippen molar-refractivity contribution in [1.29, 1.82) is 0 Å². The number of nitro benzene ring substituents is 1. The number of rotatable bonds is 5. The first kappa shape index (κ1) is 25.4. The molecule has 0 spiro atoms. The fraction of sp³-hybridized carbons (Fsp3) is 0.125. The number of imide groups is 1. The molecule has 1 fully saturated rings. The summed E-state index contributed by atoms with van der Waals surface area (Å²) in [4.78, 5) is 48.9. The van der Waals surface area contributed by atoms with Crippen LogP contribution in [0, 0.1) is 22.0 Å². The number of H-pyrrole nitrogens is 1. The number of para-hydroxylation sites is 2. The average molecular weight is 589 g/mol. The predicted molar refractivity (Wildman–Crippen MR) is 161 cm³/mol. The normalized spacial score (nSPS) is 23.5. The molecule has 0 radical (unpaired) electrons. The number of fused-ring (bicyclic) bond motifs is 1. The lowest BCUT2D eigenvalue weighted by molar-refractivity contribution is -0.384. The van der Waals surface area contributed by atoms with E-state index >= 15 is 0 Å². The molecule has 2 bridgehead atoms. The largest absolute Gasteiger partial charge is 0.323 e. The molecule has 210 valence electrons. The highest BCUT2D eigenvalue weighted by molar-refractivity contribution is 6.31. The van der Waals surface area contributed by atoms with Crippen molar-refractivity contribution in [3.8, 4) is 0 Å². The summed E-state index contributed by atoms with van der Waals surface area (Å²) >= 11 is 6.07. The number of hydrogen-bond acceptors (Lipinski definition) is 7. The van der Waals surface area contributed by atoms with Gasteiger partial charge in [0.1, 0.15) is 5.69 Å². The van der Waals surface area contributed by atoms with Crippen LogP contribution in [0.3, 0.4) is 0 Å². The molecule has 5 aromatic rings. The van der Waals surface area contributed by atoms with Gasteiger partial charge in [-0.05, 0) is 46.5 Å². The number of nitrogens with zero attached hydrogens (tertiary/aromatic N) is 4. The summed E-state index contributed by atoms with van der Waals surface area (Å²) in [5.41, 5.74) is 6.51. The number of amides is 2. The zero-order chi connectivity index (χ0) is 29.5. The number of halogens is 1. The van der Waals surface area contributed by atoms with Gasteiger partial charge in [0.05, 0.1) is 33.2 Å². The minimum atomic E-state index is -1.14. The van der Waals surface area contributed by atoms with Gasteiger partial charge in [0.2, 0.25) is 17.8 Å². The highest BCUT2D eigenvalue weighted by atomic mass is 35.5. The van der Waals surface area contributed by atoms with Crippen LogP contribution in [0.15, 0.2) is 96.1 Å². The average Bonchev–Trinajstić information content (AvgIpc) is 3.55. The number of benzene rings is 4. The van der Waals surface area contributed by atoms with E-state index in [0.717, 1.165) is 44.3 Å². The Morgan fingerprint density at radius 1 is 0.953 bits per heavy atom. The quantitative estimate of drug-likeness (QED) is 0.116. The van der Waals surface area contributed by atoms with Gasteiger partial charge in [0.25, 0.3) is 5.69 Å². The van der Waals surface area contributed by atoms with E-state index in [2.05, 4.69) is 20.5 Å². The van der Waals surface area contributed by atoms with Crippen molar-refractivity contribution >= 4 is 58.0 Å². The first-order valence-electron chi connectivity index (χ1n) is 13.7. The van der Waals surface area contributed by atoms with Crippen LogP contribution >= 0.6 is 11.6 Å². The Bertz CT molecular complexity index is 1970. The maximum absolute atomic E-state index is 14.5. The maximum Gasteiger partial charge on any atom is 0.294 e. The van der Waals surface area contributed by atoms with E-state index < -0.39 is 45.6 Å². The summed E-state index contributed by atoms with van der Waals surface area (Å²) in [6.45, 7) is 0. The second kappa shape index (κ2) is 9.07. The van der Waals surface area contributed by atoms with Crippen molar-refractivity contribution in [2.45, 2.75) is 11.3 Å². The maximum atomic E-state index is 14.5. The molecule has 2 N–H and O–H groups in total. The second-order valence-corrected chi connectivity index (χ2v) is 11.3. The van der Waals surface area contributed by atoms with Gasteiger partial charge in [0.15, 0.2) is 0 Å². The summed E-state index contributed by atoms with van der Waals surface area (Å²) in [7, 11) is 0. The zero-order valence-electron chi connectivity index (χ0n) is 22.3. The molecule has 2 heterocycles.